The third-order valence-electron chi connectivity index (χ3n) is 2.03. The van der Waals surface area contributed by atoms with Gasteiger partial charge in [0.15, 0.2) is 0 Å². The maximum absolute atomic E-state index is 5.73. The number of aromatic nitrogens is 2. The fourth-order valence-electron chi connectivity index (χ4n) is 1.31. The molecule has 4 nitrogen and oxygen atoms in total. The van der Waals surface area contributed by atoms with Crippen LogP contribution in [0.2, 0.25) is 0 Å². The lowest BCUT2D eigenvalue weighted by Crippen LogP contribution is -1.88. The van der Waals surface area contributed by atoms with Gasteiger partial charge in [0.25, 0.3) is 0 Å². The number of hydrogen-bond donors (Lipinski definition) is 2. The molecule has 0 aliphatic rings. The number of ether oxygens (including phenoxy) is 1. The summed E-state index contributed by atoms with van der Waals surface area (Å²) in [6, 6.07) is 7.65. The van der Waals surface area contributed by atoms with Crippen molar-refractivity contribution < 1.29 is 4.74 Å². The number of nitrogen functional groups attached to an aromatic ring is 1. The van der Waals surface area contributed by atoms with E-state index in [2.05, 4.69) is 10.2 Å². The van der Waals surface area contributed by atoms with Crippen LogP contribution in [0.4, 0.5) is 5.69 Å². The van der Waals surface area contributed by atoms with Gasteiger partial charge >= 0.3 is 0 Å². The minimum atomic E-state index is 0.637. The summed E-state index contributed by atoms with van der Waals surface area (Å²) in [5.74, 6) is 0.802. The number of anilines is 1. The van der Waals surface area contributed by atoms with E-state index in [0.717, 1.165) is 17.0 Å². The Balaban J connectivity index is 2.47. The number of H-pyrrole nitrogens is 1. The van der Waals surface area contributed by atoms with Crippen molar-refractivity contribution in [2.75, 3.05) is 12.8 Å². The van der Waals surface area contributed by atoms with Gasteiger partial charge in [0.1, 0.15) is 5.75 Å². The van der Waals surface area contributed by atoms with Crippen LogP contribution in [0, 0.1) is 0 Å². The van der Waals surface area contributed by atoms with Crippen molar-refractivity contribution in [3.63, 3.8) is 0 Å². The van der Waals surface area contributed by atoms with Crippen molar-refractivity contribution >= 4 is 5.69 Å². The van der Waals surface area contributed by atoms with Gasteiger partial charge in [-0.1, -0.05) is 12.1 Å². The number of aromatic amines is 1. The zero-order chi connectivity index (χ0) is 9.97. The molecule has 0 saturated heterocycles. The maximum Gasteiger partial charge on any atom is 0.119 e. The molecule has 0 spiro atoms. The number of benzene rings is 1. The summed E-state index contributed by atoms with van der Waals surface area (Å²) >= 11 is 0. The zero-order valence-electron chi connectivity index (χ0n) is 7.82. The summed E-state index contributed by atoms with van der Waals surface area (Å²) in [5.41, 5.74) is 8.16. The Morgan fingerprint density at radius 1 is 1.43 bits per heavy atom. The minimum absolute atomic E-state index is 0.637. The van der Waals surface area contributed by atoms with E-state index in [1.807, 2.05) is 24.3 Å². The third kappa shape index (κ3) is 1.42. The number of methoxy groups -OCH3 is 1. The van der Waals surface area contributed by atoms with Gasteiger partial charge in [0.2, 0.25) is 0 Å². The van der Waals surface area contributed by atoms with Crippen LogP contribution in [-0.4, -0.2) is 17.3 Å². The Hall–Kier alpha value is -1.97. The highest BCUT2D eigenvalue weighted by Gasteiger charge is 2.04. The molecule has 0 bridgehead atoms. The lowest BCUT2D eigenvalue weighted by Gasteiger charge is -2.02. The number of rotatable bonds is 2. The highest BCUT2D eigenvalue weighted by Crippen LogP contribution is 2.25. The van der Waals surface area contributed by atoms with E-state index in [1.54, 1.807) is 13.3 Å². The van der Waals surface area contributed by atoms with Crippen LogP contribution in [0.15, 0.2) is 30.5 Å². The molecule has 0 radical (unpaired) electrons. The molecule has 1 aromatic heterocycles. The van der Waals surface area contributed by atoms with Gasteiger partial charge in [-0.05, 0) is 12.1 Å². The predicted octanol–water partition coefficient (Wildman–Crippen LogP) is 1.67. The third-order valence-corrected chi connectivity index (χ3v) is 2.03. The largest absolute Gasteiger partial charge is 0.497 e. The first-order chi connectivity index (χ1) is 6.81. The van der Waals surface area contributed by atoms with Crippen molar-refractivity contribution in [2.24, 2.45) is 0 Å². The van der Waals surface area contributed by atoms with Gasteiger partial charge < -0.3 is 10.5 Å². The Morgan fingerprint density at radius 2 is 2.29 bits per heavy atom. The SMILES string of the molecule is COc1cccc(-c2[nH]ncc2N)c1. The molecule has 0 fully saturated rings. The normalized spacial score (nSPS) is 10.1. The van der Waals surface area contributed by atoms with Crippen molar-refractivity contribution in [3.05, 3.63) is 30.5 Å². The van der Waals surface area contributed by atoms with E-state index in [9.17, 15) is 0 Å². The molecular weight excluding hydrogens is 178 g/mol. The molecule has 0 saturated carbocycles. The fourth-order valence-corrected chi connectivity index (χ4v) is 1.31. The molecule has 14 heavy (non-hydrogen) atoms. The Morgan fingerprint density at radius 3 is 2.93 bits per heavy atom. The molecule has 2 rings (SSSR count). The van der Waals surface area contributed by atoms with Crippen LogP contribution in [-0.2, 0) is 0 Å². The Labute approximate surface area is 81.7 Å². The zero-order valence-corrected chi connectivity index (χ0v) is 7.82. The smallest absolute Gasteiger partial charge is 0.119 e. The van der Waals surface area contributed by atoms with Crippen LogP contribution >= 0.6 is 0 Å². The van der Waals surface area contributed by atoms with Crippen molar-refractivity contribution in [2.45, 2.75) is 0 Å². The molecule has 1 heterocycles. The van der Waals surface area contributed by atoms with E-state index in [-0.39, 0.29) is 0 Å². The van der Waals surface area contributed by atoms with E-state index in [1.165, 1.54) is 0 Å². The number of nitrogens with zero attached hydrogens (tertiary/aromatic N) is 1. The molecule has 0 atom stereocenters. The predicted molar refractivity (Wildman–Crippen MR) is 55.0 cm³/mol. The van der Waals surface area contributed by atoms with Crippen LogP contribution in [0.25, 0.3) is 11.3 Å². The van der Waals surface area contributed by atoms with Crippen molar-refractivity contribution in [1.29, 1.82) is 0 Å². The molecule has 1 aromatic carbocycles. The molecule has 0 aliphatic carbocycles. The summed E-state index contributed by atoms with van der Waals surface area (Å²) in [6.07, 6.45) is 1.59. The Kier molecular flexibility index (Phi) is 2.10. The van der Waals surface area contributed by atoms with Gasteiger partial charge in [0, 0.05) is 5.56 Å². The van der Waals surface area contributed by atoms with E-state index >= 15 is 0 Å². The van der Waals surface area contributed by atoms with E-state index in [4.69, 9.17) is 10.5 Å². The van der Waals surface area contributed by atoms with Gasteiger partial charge in [-0.15, -0.1) is 0 Å². The first-order valence-corrected chi connectivity index (χ1v) is 4.24. The second kappa shape index (κ2) is 3.41. The fraction of sp³-hybridized carbons (Fsp3) is 0.100. The average Bonchev–Trinajstić information content (AvgIpc) is 2.65. The second-order valence-electron chi connectivity index (χ2n) is 2.93. The first-order valence-electron chi connectivity index (χ1n) is 4.24. The summed E-state index contributed by atoms with van der Waals surface area (Å²) in [6.45, 7) is 0. The highest BCUT2D eigenvalue weighted by molar-refractivity contribution is 5.72. The minimum Gasteiger partial charge on any atom is -0.497 e. The molecule has 4 heteroatoms. The van der Waals surface area contributed by atoms with Gasteiger partial charge in [0.05, 0.1) is 24.7 Å². The average molecular weight is 189 g/mol. The standard InChI is InChI=1S/C10H11N3O/c1-14-8-4-2-3-7(5-8)10-9(11)6-12-13-10/h2-6H,11H2,1H3,(H,12,13). The topological polar surface area (TPSA) is 63.9 Å². The number of nitrogens with two attached hydrogens (primary N) is 1. The lowest BCUT2D eigenvalue weighted by atomic mass is 10.1. The highest BCUT2D eigenvalue weighted by atomic mass is 16.5. The molecule has 0 aliphatic heterocycles. The summed E-state index contributed by atoms with van der Waals surface area (Å²) in [7, 11) is 1.63. The maximum atomic E-state index is 5.73. The van der Waals surface area contributed by atoms with Crippen LogP contribution < -0.4 is 10.5 Å². The van der Waals surface area contributed by atoms with Gasteiger partial charge in [-0.25, -0.2) is 0 Å². The quantitative estimate of drug-likeness (QED) is 0.755. The summed E-state index contributed by atoms with van der Waals surface area (Å²) < 4.78 is 5.12. The lowest BCUT2D eigenvalue weighted by molar-refractivity contribution is 0.415. The second-order valence-corrected chi connectivity index (χ2v) is 2.93. The Bertz CT molecular complexity index is 436. The van der Waals surface area contributed by atoms with Gasteiger partial charge in [-0.2, -0.15) is 5.10 Å². The van der Waals surface area contributed by atoms with E-state index < -0.39 is 0 Å². The first kappa shape index (κ1) is 8.62. The van der Waals surface area contributed by atoms with Crippen LogP contribution in [0.1, 0.15) is 0 Å². The summed E-state index contributed by atoms with van der Waals surface area (Å²) in [4.78, 5) is 0. The molecule has 3 N–H and O–H groups in total. The molecule has 0 unspecified atom stereocenters. The van der Waals surface area contributed by atoms with E-state index in [0.29, 0.717) is 5.69 Å². The molecular formula is C10H11N3O. The van der Waals surface area contributed by atoms with Crippen molar-refractivity contribution in [1.82, 2.24) is 10.2 Å². The number of nitrogens with one attached hydrogen (secondary N) is 1. The monoisotopic (exact) mass is 189 g/mol. The molecule has 2 aromatic rings. The van der Waals surface area contributed by atoms with Crippen LogP contribution in [0.3, 0.4) is 0 Å². The molecule has 72 valence electrons. The number of hydrogen-bond acceptors (Lipinski definition) is 3. The summed E-state index contributed by atoms with van der Waals surface area (Å²) in [5, 5.41) is 6.71. The van der Waals surface area contributed by atoms with Crippen molar-refractivity contribution in [3.8, 4) is 17.0 Å². The van der Waals surface area contributed by atoms with Gasteiger partial charge in [-0.3, -0.25) is 5.10 Å². The molecule has 0 amide bonds. The van der Waals surface area contributed by atoms with Crippen LogP contribution in [0.5, 0.6) is 5.75 Å².